The van der Waals surface area contributed by atoms with Gasteiger partial charge in [-0.15, -0.1) is 0 Å². The van der Waals surface area contributed by atoms with Crippen molar-refractivity contribution < 1.29 is 14.0 Å². The summed E-state index contributed by atoms with van der Waals surface area (Å²) in [7, 11) is 0.911. The van der Waals surface area contributed by atoms with E-state index in [9.17, 15) is 4.79 Å². The molecule has 1 saturated heterocycles. The zero-order valence-corrected chi connectivity index (χ0v) is 43.4. The number of ether oxygens (including phenoxy) is 1. The maximum atomic E-state index is 11.6. The summed E-state index contributed by atoms with van der Waals surface area (Å²) in [6, 6.07) is 47.7. The van der Waals surface area contributed by atoms with E-state index in [0.717, 1.165) is 17.3 Å². The van der Waals surface area contributed by atoms with Gasteiger partial charge in [-0.3, -0.25) is 0 Å². The van der Waals surface area contributed by atoms with Crippen LogP contribution >= 0.6 is 14.5 Å². The molecule has 1 aliphatic rings. The molecule has 1 aliphatic heterocycles. The van der Waals surface area contributed by atoms with Gasteiger partial charge in [0.2, 0.25) is 0 Å². The third-order valence-electron chi connectivity index (χ3n) is 14.8. The summed E-state index contributed by atoms with van der Waals surface area (Å²) in [5, 5.41) is 10.4. The summed E-state index contributed by atoms with van der Waals surface area (Å²) in [4.78, 5) is 11.6. The first-order valence-corrected chi connectivity index (χ1v) is 30.2. The van der Waals surface area contributed by atoms with E-state index in [4.69, 9.17) is 4.74 Å². The fourth-order valence-corrected chi connectivity index (χ4v) is 21.8. The van der Waals surface area contributed by atoms with Crippen LogP contribution in [-0.2, 0) is 9.53 Å². The number of esters is 1. The average molecular weight is 908 g/mol. The Morgan fingerprint density at radius 2 is 0.859 bits per heavy atom. The van der Waals surface area contributed by atoms with Crippen molar-refractivity contribution >= 4 is 41.7 Å². The molecule has 0 saturated carbocycles. The van der Waals surface area contributed by atoms with Gasteiger partial charge in [-0.2, -0.15) is 0 Å². The Morgan fingerprint density at radius 3 is 1.22 bits per heavy atom. The van der Waals surface area contributed by atoms with Gasteiger partial charge in [-0.25, -0.2) is 4.79 Å². The Labute approximate surface area is 392 Å². The molecule has 0 aromatic heterocycles. The van der Waals surface area contributed by atoms with E-state index in [0.29, 0.717) is 18.2 Å². The van der Waals surface area contributed by atoms with Gasteiger partial charge in [0.15, 0.2) is 0 Å². The van der Waals surface area contributed by atoms with E-state index >= 15 is 0 Å². The monoisotopic (exact) mass is 908 g/mol. The number of nitrogens with one attached hydrogen (secondary N) is 1. The van der Waals surface area contributed by atoms with E-state index in [2.05, 4.69) is 175 Å². The van der Waals surface area contributed by atoms with Gasteiger partial charge >= 0.3 is 371 Å². The molecule has 0 bridgehead atoms. The van der Waals surface area contributed by atoms with Crippen molar-refractivity contribution in [2.45, 2.75) is 148 Å². The van der Waals surface area contributed by atoms with E-state index in [1.54, 1.807) is 28.1 Å². The van der Waals surface area contributed by atoms with Gasteiger partial charge in [0.05, 0.1) is 0 Å². The summed E-state index contributed by atoms with van der Waals surface area (Å²) >= 11 is 0. The van der Waals surface area contributed by atoms with E-state index in [-0.39, 0.29) is 17.0 Å². The first-order chi connectivity index (χ1) is 30.7. The van der Waals surface area contributed by atoms with Gasteiger partial charge in [0.1, 0.15) is 0 Å². The SMILES string of the molecule is C=C(C)C(=O)OCCCCCCCCCCC[PH](CCCC[PH](CCCC[N+](C)(C)C1CC(C)(C)NC(C)(C)C1)(c1ccccc1)c1ccccc1)(c1ccccc1)c1ccccc1. The van der Waals surface area contributed by atoms with Crippen LogP contribution in [0.25, 0.3) is 0 Å². The normalized spacial score (nSPS) is 16.0. The Balaban J connectivity index is 1.26. The van der Waals surface area contributed by atoms with Gasteiger partial charge < -0.3 is 0 Å². The minimum absolute atomic E-state index is 0.166. The van der Waals surface area contributed by atoms with Crippen molar-refractivity contribution in [2.24, 2.45) is 0 Å². The summed E-state index contributed by atoms with van der Waals surface area (Å²) in [5.74, 6) is -0.265. The summed E-state index contributed by atoms with van der Waals surface area (Å²) in [6.07, 6.45) is 23.9. The zero-order chi connectivity index (χ0) is 45.9. The van der Waals surface area contributed by atoms with Crippen molar-refractivity contribution in [3.63, 3.8) is 0 Å². The summed E-state index contributed by atoms with van der Waals surface area (Å²) in [6.45, 7) is 16.7. The fraction of sp³-hybridized carbons (Fsp3) is 0.534. The molecule has 0 atom stereocenters. The van der Waals surface area contributed by atoms with Crippen LogP contribution in [0.1, 0.15) is 131 Å². The van der Waals surface area contributed by atoms with Crippen molar-refractivity contribution in [1.29, 1.82) is 0 Å². The first kappa shape index (κ1) is 51.8. The Morgan fingerprint density at radius 1 is 0.547 bits per heavy atom. The molecule has 0 radical (unpaired) electrons. The average Bonchev–Trinajstić information content (AvgIpc) is 3.28. The molecule has 6 heteroatoms. The molecule has 0 unspecified atom stereocenters. The molecule has 64 heavy (non-hydrogen) atoms. The Kier molecular flexibility index (Phi) is 20.4. The Bertz CT molecular complexity index is 1850. The molecule has 352 valence electrons. The second kappa shape index (κ2) is 25.1. The predicted octanol–water partition coefficient (Wildman–Crippen LogP) is 12.4. The number of unbranched alkanes of at least 4 members (excludes halogenated alkanes) is 10. The van der Waals surface area contributed by atoms with Crippen LogP contribution in [0.5, 0.6) is 0 Å². The van der Waals surface area contributed by atoms with Crippen molar-refractivity contribution in [1.82, 2.24) is 5.32 Å². The van der Waals surface area contributed by atoms with Gasteiger partial charge in [-0.1, -0.05) is 6.58 Å². The topological polar surface area (TPSA) is 38.3 Å². The number of hydrogen-bond acceptors (Lipinski definition) is 3. The minimum atomic E-state index is -2.07. The van der Waals surface area contributed by atoms with Gasteiger partial charge in [0, 0.05) is 5.57 Å². The van der Waals surface area contributed by atoms with Gasteiger partial charge in [-0.05, 0) is 6.92 Å². The molecule has 1 N–H and O–H groups in total. The first-order valence-electron chi connectivity index (χ1n) is 25.3. The number of rotatable bonds is 28. The molecule has 1 heterocycles. The van der Waals surface area contributed by atoms with Crippen LogP contribution in [-0.4, -0.2) is 79.5 Å². The van der Waals surface area contributed by atoms with Crippen LogP contribution < -0.4 is 26.5 Å². The van der Waals surface area contributed by atoms with E-state index in [1.807, 2.05) is 0 Å². The van der Waals surface area contributed by atoms with Crippen LogP contribution in [0.3, 0.4) is 0 Å². The quantitative estimate of drug-likeness (QED) is 0.0203. The zero-order valence-electron chi connectivity index (χ0n) is 41.4. The number of benzene rings is 4. The summed E-state index contributed by atoms with van der Waals surface area (Å²) < 4.78 is 6.38. The molecule has 0 spiro atoms. The third kappa shape index (κ3) is 15.5. The van der Waals surface area contributed by atoms with Crippen LogP contribution in [0, 0.1) is 0 Å². The molecule has 0 amide bonds. The molecular formula is C58H89N2O2P2+. The number of carbonyl (C=O) groups is 1. The number of piperidine rings is 1. The fourth-order valence-electron chi connectivity index (χ4n) is 11.6. The van der Waals surface area contributed by atoms with Crippen molar-refractivity contribution in [2.75, 3.05) is 51.9 Å². The maximum absolute atomic E-state index is 11.6. The number of carbonyl (C=O) groups excluding carboxylic acids is 1. The second-order valence-corrected chi connectivity index (χ2v) is 30.2. The summed E-state index contributed by atoms with van der Waals surface area (Å²) in [5.41, 5.74) is 0.814. The van der Waals surface area contributed by atoms with Crippen molar-refractivity contribution in [3.8, 4) is 0 Å². The predicted molar refractivity (Wildman–Crippen MR) is 287 cm³/mol. The van der Waals surface area contributed by atoms with E-state index < -0.39 is 14.5 Å². The van der Waals surface area contributed by atoms with E-state index in [1.165, 1.54) is 115 Å². The molecule has 4 nitrogen and oxygen atoms in total. The number of hydrogen-bond donors (Lipinski definition) is 1. The molecule has 4 aromatic carbocycles. The molecule has 0 aliphatic carbocycles. The van der Waals surface area contributed by atoms with Crippen molar-refractivity contribution in [3.05, 3.63) is 133 Å². The second-order valence-electron chi connectivity index (χ2n) is 21.6. The molecular weight excluding hydrogens is 819 g/mol. The molecule has 4 aromatic rings. The number of quaternary nitrogens is 1. The van der Waals surface area contributed by atoms with Gasteiger partial charge in [0.25, 0.3) is 0 Å². The third-order valence-corrected chi connectivity index (χ3v) is 25.4. The van der Waals surface area contributed by atoms with Crippen LogP contribution in [0.2, 0.25) is 0 Å². The van der Waals surface area contributed by atoms with Crippen LogP contribution in [0.15, 0.2) is 133 Å². The Hall–Kier alpha value is -3.13. The molecule has 5 rings (SSSR count). The molecule has 1 fully saturated rings. The standard InChI is InChI=1S/C58H89N2O2P2/c1-50(2)56(61)62-43-29-14-12-10-9-11-13-15-30-44-63(52-34-20-16-21-35-52,53-36-22-17-23-37-53)46-32-33-47-64(54-38-24-18-25-39-54,55-40-26-19-27-41-55)45-31-28-42-60(7,8)51-48-57(3,4)59-58(5,6)49-51/h16-27,34-41,51,59,63-64H,1,9-15,28-33,42-49H2,2-8H3/q+1. The van der Waals surface area contributed by atoms with Crippen LogP contribution in [0.4, 0.5) is 0 Å². The number of nitrogens with zero attached hydrogens (tertiary/aromatic N) is 1.